The number of aromatic nitrogens is 2. The summed E-state index contributed by atoms with van der Waals surface area (Å²) in [6.07, 6.45) is 5.08. The molecule has 9 nitrogen and oxygen atoms in total. The number of anilines is 2. The molecule has 0 saturated carbocycles. The maximum Gasteiger partial charge on any atom is 0.281 e. The van der Waals surface area contributed by atoms with Crippen molar-refractivity contribution in [2.24, 2.45) is 17.6 Å². The number of pyridine rings is 2. The molecule has 10 heteroatoms. The summed E-state index contributed by atoms with van der Waals surface area (Å²) in [6, 6.07) is 5.88. The molecular formula is C25H38N6O3S. The minimum absolute atomic E-state index is 0.0490. The molecule has 1 amide bonds. The van der Waals surface area contributed by atoms with Crippen LogP contribution in [0.2, 0.25) is 0 Å². The number of nitrogens with two attached hydrogens (primary N) is 2. The molecular weight excluding hydrogens is 464 g/mol. The van der Waals surface area contributed by atoms with Crippen LogP contribution in [0.25, 0.3) is 0 Å². The van der Waals surface area contributed by atoms with E-state index >= 15 is 0 Å². The number of nitrogen functional groups attached to an aromatic ring is 1. The zero-order chi connectivity index (χ0) is 26.0. The van der Waals surface area contributed by atoms with Gasteiger partial charge in [0.25, 0.3) is 15.9 Å². The molecule has 2 atom stereocenters. The Balaban J connectivity index is 1.96. The van der Waals surface area contributed by atoms with Gasteiger partial charge in [-0.2, -0.15) is 8.42 Å². The van der Waals surface area contributed by atoms with Gasteiger partial charge in [0.2, 0.25) is 0 Å². The lowest BCUT2D eigenvalue weighted by atomic mass is 9.97. The Bertz CT molecular complexity index is 1170. The van der Waals surface area contributed by atoms with E-state index in [1.54, 1.807) is 12.3 Å². The Morgan fingerprint density at radius 1 is 1.29 bits per heavy atom. The summed E-state index contributed by atoms with van der Waals surface area (Å²) >= 11 is 0. The molecule has 0 aromatic carbocycles. The number of carbonyl (C=O) groups excluding carboxylic acids is 1. The average Bonchev–Trinajstić information content (AvgIpc) is 3.03. The van der Waals surface area contributed by atoms with Crippen molar-refractivity contribution in [3.05, 3.63) is 41.6 Å². The topological polar surface area (TPSA) is 144 Å². The molecule has 2 unspecified atom stereocenters. The van der Waals surface area contributed by atoms with Gasteiger partial charge in [-0.15, -0.1) is 0 Å². The second-order valence-corrected chi connectivity index (χ2v) is 12.3. The van der Waals surface area contributed by atoms with Crippen molar-refractivity contribution in [3.63, 3.8) is 0 Å². The van der Waals surface area contributed by atoms with Crippen LogP contribution in [0.5, 0.6) is 0 Å². The number of hydrogen-bond donors (Lipinski definition) is 3. The number of hydrogen-bond acceptors (Lipinski definition) is 8. The van der Waals surface area contributed by atoms with E-state index in [0.29, 0.717) is 24.1 Å². The highest BCUT2D eigenvalue weighted by atomic mass is 32.2. The molecule has 0 radical (unpaired) electrons. The second kappa shape index (κ2) is 10.5. The van der Waals surface area contributed by atoms with Gasteiger partial charge >= 0.3 is 0 Å². The highest BCUT2D eigenvalue weighted by Crippen LogP contribution is 2.37. The zero-order valence-corrected chi connectivity index (χ0v) is 22.1. The van der Waals surface area contributed by atoms with Gasteiger partial charge in [-0.05, 0) is 75.1 Å². The molecule has 5 N–H and O–H groups in total. The van der Waals surface area contributed by atoms with Crippen molar-refractivity contribution in [1.29, 1.82) is 0 Å². The predicted octanol–water partition coefficient (Wildman–Crippen LogP) is 3.11. The fraction of sp³-hybridized carbons (Fsp3) is 0.560. The molecule has 3 heterocycles. The van der Waals surface area contributed by atoms with E-state index in [1.165, 1.54) is 18.2 Å². The number of nitrogens with zero attached hydrogens (tertiary/aromatic N) is 3. The summed E-state index contributed by atoms with van der Waals surface area (Å²) < 4.78 is 27.9. The normalized spacial score (nSPS) is 18.6. The fourth-order valence-corrected chi connectivity index (χ4v) is 5.66. The molecule has 1 aliphatic heterocycles. The van der Waals surface area contributed by atoms with Gasteiger partial charge in [-0.25, -0.2) is 14.7 Å². The third kappa shape index (κ3) is 6.70. The van der Waals surface area contributed by atoms with Crippen molar-refractivity contribution < 1.29 is 13.2 Å². The van der Waals surface area contributed by atoms with Gasteiger partial charge in [0, 0.05) is 24.3 Å². The van der Waals surface area contributed by atoms with Crippen LogP contribution in [0.4, 0.5) is 11.6 Å². The molecule has 2 aromatic rings. The highest BCUT2D eigenvalue weighted by Gasteiger charge is 2.39. The molecule has 0 spiro atoms. The minimum atomic E-state index is -4.23. The van der Waals surface area contributed by atoms with Crippen molar-refractivity contribution >= 4 is 27.6 Å². The summed E-state index contributed by atoms with van der Waals surface area (Å²) in [5.41, 5.74) is 12.7. The lowest BCUT2D eigenvalue weighted by molar-refractivity contribution is 0.0981. The maximum atomic E-state index is 13.4. The van der Waals surface area contributed by atoms with E-state index in [0.717, 1.165) is 31.4 Å². The summed E-state index contributed by atoms with van der Waals surface area (Å²) in [4.78, 5) is 24.0. The first-order valence-corrected chi connectivity index (χ1v) is 13.6. The van der Waals surface area contributed by atoms with Crippen LogP contribution in [0, 0.1) is 11.8 Å². The Morgan fingerprint density at radius 2 is 2.00 bits per heavy atom. The van der Waals surface area contributed by atoms with Crippen molar-refractivity contribution in [2.75, 3.05) is 17.2 Å². The SMILES string of the molecule is CC(C)CCC(N)Cc1cnc(N2CC(C)CC2(C)C)c(C(=O)NS(=O)(=O)c2cccc(N)n2)c1. The van der Waals surface area contributed by atoms with Gasteiger partial charge in [0.1, 0.15) is 11.6 Å². The summed E-state index contributed by atoms with van der Waals surface area (Å²) in [7, 11) is -4.23. The summed E-state index contributed by atoms with van der Waals surface area (Å²) in [6.45, 7) is 11.4. The van der Waals surface area contributed by atoms with Crippen LogP contribution in [-0.2, 0) is 16.4 Å². The largest absolute Gasteiger partial charge is 0.384 e. The Morgan fingerprint density at radius 3 is 2.60 bits per heavy atom. The second-order valence-electron chi connectivity index (χ2n) is 10.7. The molecule has 1 saturated heterocycles. The third-order valence-corrected chi connectivity index (χ3v) is 7.59. The number of sulfonamides is 1. The molecule has 1 aliphatic rings. The Kier molecular flexibility index (Phi) is 8.06. The Labute approximate surface area is 208 Å². The molecule has 3 rings (SSSR count). The zero-order valence-electron chi connectivity index (χ0n) is 21.3. The van der Waals surface area contributed by atoms with Crippen molar-refractivity contribution in [2.45, 2.75) is 76.9 Å². The van der Waals surface area contributed by atoms with Crippen molar-refractivity contribution in [3.8, 4) is 0 Å². The van der Waals surface area contributed by atoms with E-state index < -0.39 is 15.9 Å². The van der Waals surface area contributed by atoms with Gasteiger partial charge in [0.15, 0.2) is 5.03 Å². The van der Waals surface area contributed by atoms with Crippen LogP contribution < -0.4 is 21.1 Å². The van der Waals surface area contributed by atoms with E-state index in [2.05, 4.69) is 54.2 Å². The smallest absolute Gasteiger partial charge is 0.281 e. The van der Waals surface area contributed by atoms with Gasteiger partial charge in [-0.1, -0.05) is 26.8 Å². The standard InChI is InChI=1S/C25H38N6O3S/c1-16(2)9-10-19(26)11-18-12-20(23(28-14-18)31-15-17(3)13-25(31,4)5)24(32)30-35(33,34)22-8-6-7-21(27)29-22/h6-8,12,14,16-17,19H,9-11,13,15,26H2,1-5H3,(H2,27,29)(H,30,32). The number of carbonyl (C=O) groups is 1. The molecule has 192 valence electrons. The Hall–Kier alpha value is -2.72. The molecule has 0 bridgehead atoms. The van der Waals surface area contributed by atoms with E-state index in [-0.39, 0.29) is 28.0 Å². The van der Waals surface area contributed by atoms with Crippen LogP contribution in [0.1, 0.15) is 69.8 Å². The minimum Gasteiger partial charge on any atom is -0.384 e. The van der Waals surface area contributed by atoms with Crippen LogP contribution >= 0.6 is 0 Å². The lowest BCUT2D eigenvalue weighted by Gasteiger charge is -2.34. The molecule has 1 fully saturated rings. The van der Waals surface area contributed by atoms with Crippen LogP contribution in [0.3, 0.4) is 0 Å². The monoisotopic (exact) mass is 502 g/mol. The molecule has 2 aromatic heterocycles. The first-order valence-electron chi connectivity index (χ1n) is 12.1. The fourth-order valence-electron chi connectivity index (χ4n) is 4.72. The predicted molar refractivity (Wildman–Crippen MR) is 138 cm³/mol. The van der Waals surface area contributed by atoms with E-state index in [9.17, 15) is 13.2 Å². The van der Waals surface area contributed by atoms with Gasteiger partial charge in [-0.3, -0.25) is 4.79 Å². The van der Waals surface area contributed by atoms with Gasteiger partial charge in [0.05, 0.1) is 5.56 Å². The van der Waals surface area contributed by atoms with Crippen LogP contribution in [-0.4, -0.2) is 42.4 Å². The number of rotatable bonds is 9. The van der Waals surface area contributed by atoms with E-state index in [1.807, 2.05) is 0 Å². The first-order chi connectivity index (χ1) is 16.3. The molecule has 0 aliphatic carbocycles. The maximum absolute atomic E-state index is 13.4. The quantitative estimate of drug-likeness (QED) is 0.474. The average molecular weight is 503 g/mol. The summed E-state index contributed by atoms with van der Waals surface area (Å²) in [5, 5.41) is -0.317. The van der Waals surface area contributed by atoms with Crippen LogP contribution in [0.15, 0.2) is 35.5 Å². The number of nitrogens with one attached hydrogen (secondary N) is 1. The number of amides is 1. The third-order valence-electron chi connectivity index (χ3n) is 6.36. The van der Waals surface area contributed by atoms with E-state index in [4.69, 9.17) is 11.5 Å². The molecule has 35 heavy (non-hydrogen) atoms. The first kappa shape index (κ1) is 26.9. The summed E-state index contributed by atoms with van der Waals surface area (Å²) in [5.74, 6) is 0.713. The van der Waals surface area contributed by atoms with Gasteiger partial charge < -0.3 is 16.4 Å². The highest BCUT2D eigenvalue weighted by molar-refractivity contribution is 7.90. The lowest BCUT2D eigenvalue weighted by Crippen LogP contribution is -2.41. The van der Waals surface area contributed by atoms with Crippen molar-refractivity contribution in [1.82, 2.24) is 14.7 Å².